The smallest absolute Gasteiger partial charge is 0.0634 e. The molecule has 1 unspecified atom stereocenters. The minimum absolute atomic E-state index is 0.330. The van der Waals surface area contributed by atoms with Gasteiger partial charge >= 0.3 is 0 Å². The summed E-state index contributed by atoms with van der Waals surface area (Å²) in [6.07, 6.45) is 3.80. The molecule has 0 saturated carbocycles. The molecule has 0 N–H and O–H groups in total. The van der Waals surface area contributed by atoms with Crippen LogP contribution in [0.15, 0.2) is 18.5 Å². The van der Waals surface area contributed by atoms with E-state index in [9.17, 15) is 0 Å². The van der Waals surface area contributed by atoms with Gasteiger partial charge in [0, 0.05) is 37.4 Å². The van der Waals surface area contributed by atoms with Gasteiger partial charge in [-0.25, -0.2) is 0 Å². The van der Waals surface area contributed by atoms with Crippen LogP contribution in [-0.2, 0) is 11.3 Å². The summed E-state index contributed by atoms with van der Waals surface area (Å²) in [5.41, 5.74) is 2.45. The van der Waals surface area contributed by atoms with Gasteiger partial charge in [-0.3, -0.25) is 9.88 Å². The molecule has 1 aromatic heterocycles. The van der Waals surface area contributed by atoms with E-state index in [4.69, 9.17) is 16.3 Å². The Bertz CT molecular complexity index is 346. The fraction of sp³-hybridized carbons (Fsp3) is 0.583. The average Bonchev–Trinajstić information content (AvgIpc) is 2.30. The van der Waals surface area contributed by atoms with E-state index in [0.717, 1.165) is 26.3 Å². The number of aryl methyl sites for hydroxylation is 1. The van der Waals surface area contributed by atoms with Crippen molar-refractivity contribution >= 4 is 11.6 Å². The number of alkyl halides is 1. The zero-order valence-corrected chi connectivity index (χ0v) is 10.3. The van der Waals surface area contributed by atoms with Gasteiger partial charge in [0.1, 0.15) is 0 Å². The van der Waals surface area contributed by atoms with E-state index >= 15 is 0 Å². The maximum Gasteiger partial charge on any atom is 0.0634 e. The largest absolute Gasteiger partial charge is 0.378 e. The van der Waals surface area contributed by atoms with Crippen molar-refractivity contribution in [1.29, 1.82) is 0 Å². The van der Waals surface area contributed by atoms with E-state index in [1.54, 1.807) is 0 Å². The third-order valence-electron chi connectivity index (χ3n) is 2.84. The van der Waals surface area contributed by atoms with Crippen LogP contribution in [0.4, 0.5) is 0 Å². The maximum atomic E-state index is 5.94. The molecule has 0 aliphatic carbocycles. The Kier molecular flexibility index (Phi) is 4.16. The van der Waals surface area contributed by atoms with Crippen molar-refractivity contribution in [3.05, 3.63) is 29.6 Å². The summed E-state index contributed by atoms with van der Waals surface area (Å²) in [4.78, 5) is 6.58. The molecule has 0 aromatic carbocycles. The van der Waals surface area contributed by atoms with Crippen molar-refractivity contribution in [2.45, 2.75) is 19.5 Å². The molecule has 1 fully saturated rings. The predicted molar refractivity (Wildman–Crippen MR) is 64.7 cm³/mol. The highest BCUT2D eigenvalue weighted by Crippen LogP contribution is 2.13. The molecule has 2 rings (SSSR count). The van der Waals surface area contributed by atoms with Crippen molar-refractivity contribution in [1.82, 2.24) is 9.88 Å². The number of rotatable bonds is 3. The van der Waals surface area contributed by atoms with Crippen LogP contribution in [-0.4, -0.2) is 41.6 Å². The lowest BCUT2D eigenvalue weighted by molar-refractivity contribution is -0.00308. The molecule has 88 valence electrons. The summed E-state index contributed by atoms with van der Waals surface area (Å²) in [5.74, 6) is 0.624. The number of hydrogen-bond acceptors (Lipinski definition) is 3. The summed E-state index contributed by atoms with van der Waals surface area (Å²) in [6.45, 7) is 5.46. The molecule has 16 heavy (non-hydrogen) atoms. The molecule has 1 aliphatic heterocycles. The Morgan fingerprint density at radius 1 is 1.56 bits per heavy atom. The van der Waals surface area contributed by atoms with Crippen LogP contribution in [0, 0.1) is 6.92 Å². The summed E-state index contributed by atoms with van der Waals surface area (Å²) >= 11 is 5.94. The van der Waals surface area contributed by atoms with Crippen molar-refractivity contribution in [2.24, 2.45) is 0 Å². The second-order valence-electron chi connectivity index (χ2n) is 4.22. The standard InChI is InChI=1S/C12H17ClN2O/c1-10-4-11(7-14-6-10)8-15-2-3-16-9-12(15)5-13/h4,6-7,12H,2-3,5,8-9H2,1H3. The van der Waals surface area contributed by atoms with E-state index in [2.05, 4.69) is 22.9 Å². The lowest BCUT2D eigenvalue weighted by Crippen LogP contribution is -2.45. The fourth-order valence-corrected chi connectivity index (χ4v) is 2.26. The molecule has 2 heterocycles. The third kappa shape index (κ3) is 2.94. The van der Waals surface area contributed by atoms with E-state index in [1.807, 2.05) is 12.4 Å². The maximum absolute atomic E-state index is 5.94. The van der Waals surface area contributed by atoms with Crippen molar-refractivity contribution in [3.8, 4) is 0 Å². The van der Waals surface area contributed by atoms with E-state index in [0.29, 0.717) is 11.9 Å². The Morgan fingerprint density at radius 2 is 2.44 bits per heavy atom. The van der Waals surface area contributed by atoms with Crippen molar-refractivity contribution < 1.29 is 4.74 Å². The SMILES string of the molecule is Cc1cncc(CN2CCOCC2CCl)c1. The molecule has 0 amide bonds. The summed E-state index contributed by atoms with van der Waals surface area (Å²) in [7, 11) is 0. The van der Waals surface area contributed by atoms with Crippen LogP contribution < -0.4 is 0 Å². The predicted octanol–water partition coefficient (Wildman–Crippen LogP) is 1.83. The lowest BCUT2D eigenvalue weighted by atomic mass is 10.1. The average molecular weight is 241 g/mol. The molecule has 3 nitrogen and oxygen atoms in total. The van der Waals surface area contributed by atoms with Gasteiger partial charge in [0.2, 0.25) is 0 Å². The Morgan fingerprint density at radius 3 is 3.19 bits per heavy atom. The summed E-state index contributed by atoms with van der Waals surface area (Å²) < 4.78 is 5.42. The number of aromatic nitrogens is 1. The molecular weight excluding hydrogens is 224 g/mol. The Labute approximate surface area is 101 Å². The molecule has 0 radical (unpaired) electrons. The first-order chi connectivity index (χ1) is 7.79. The molecule has 1 atom stereocenters. The zero-order valence-electron chi connectivity index (χ0n) is 9.53. The van der Waals surface area contributed by atoms with Crippen LogP contribution in [0.3, 0.4) is 0 Å². The van der Waals surface area contributed by atoms with E-state index in [-0.39, 0.29) is 0 Å². The first-order valence-electron chi connectivity index (χ1n) is 5.58. The monoisotopic (exact) mass is 240 g/mol. The lowest BCUT2D eigenvalue weighted by Gasteiger charge is -2.34. The molecule has 1 aliphatic rings. The van der Waals surface area contributed by atoms with Crippen molar-refractivity contribution in [3.63, 3.8) is 0 Å². The third-order valence-corrected chi connectivity index (χ3v) is 3.20. The van der Waals surface area contributed by atoms with Gasteiger partial charge in [-0.05, 0) is 18.1 Å². The quantitative estimate of drug-likeness (QED) is 0.754. The number of halogens is 1. The van der Waals surface area contributed by atoms with Crippen LogP contribution >= 0.6 is 11.6 Å². The van der Waals surface area contributed by atoms with Crippen LogP contribution in [0.2, 0.25) is 0 Å². The van der Waals surface area contributed by atoms with Crippen LogP contribution in [0.1, 0.15) is 11.1 Å². The first kappa shape index (κ1) is 11.8. The number of nitrogens with zero attached hydrogens (tertiary/aromatic N) is 2. The van der Waals surface area contributed by atoms with Gasteiger partial charge in [-0.15, -0.1) is 11.6 Å². The molecule has 1 saturated heterocycles. The van der Waals surface area contributed by atoms with Crippen LogP contribution in [0.5, 0.6) is 0 Å². The zero-order chi connectivity index (χ0) is 11.4. The minimum Gasteiger partial charge on any atom is -0.378 e. The number of hydrogen-bond donors (Lipinski definition) is 0. The van der Waals surface area contributed by atoms with Gasteiger partial charge in [0.15, 0.2) is 0 Å². The molecular formula is C12H17ClN2O. The number of ether oxygens (including phenoxy) is 1. The van der Waals surface area contributed by atoms with Gasteiger partial charge in [0.25, 0.3) is 0 Å². The minimum atomic E-state index is 0.330. The van der Waals surface area contributed by atoms with Gasteiger partial charge in [-0.1, -0.05) is 6.07 Å². The highest BCUT2D eigenvalue weighted by atomic mass is 35.5. The summed E-state index contributed by atoms with van der Waals surface area (Å²) in [5, 5.41) is 0. The first-order valence-corrected chi connectivity index (χ1v) is 6.11. The molecule has 0 spiro atoms. The molecule has 0 bridgehead atoms. The van der Waals surface area contributed by atoms with E-state index in [1.165, 1.54) is 11.1 Å². The summed E-state index contributed by atoms with van der Waals surface area (Å²) in [6, 6.07) is 2.50. The molecule has 1 aromatic rings. The van der Waals surface area contributed by atoms with Gasteiger partial charge < -0.3 is 4.74 Å². The Balaban J connectivity index is 2.02. The molecule has 4 heteroatoms. The highest BCUT2D eigenvalue weighted by Gasteiger charge is 2.21. The normalized spacial score (nSPS) is 22.2. The second kappa shape index (κ2) is 5.62. The number of morpholine rings is 1. The van der Waals surface area contributed by atoms with Crippen LogP contribution in [0.25, 0.3) is 0 Å². The Hall–Kier alpha value is -0.640. The van der Waals surface area contributed by atoms with Gasteiger partial charge in [-0.2, -0.15) is 0 Å². The fourth-order valence-electron chi connectivity index (χ4n) is 1.98. The van der Waals surface area contributed by atoms with E-state index < -0.39 is 0 Å². The second-order valence-corrected chi connectivity index (χ2v) is 4.53. The highest BCUT2D eigenvalue weighted by molar-refractivity contribution is 6.18. The van der Waals surface area contributed by atoms with Gasteiger partial charge in [0.05, 0.1) is 13.2 Å². The van der Waals surface area contributed by atoms with Crippen molar-refractivity contribution in [2.75, 3.05) is 25.6 Å². The topological polar surface area (TPSA) is 25.4 Å². The number of pyridine rings is 1.